The van der Waals surface area contributed by atoms with Gasteiger partial charge >= 0.3 is 0 Å². The first-order valence-corrected chi connectivity index (χ1v) is 6.27. The summed E-state index contributed by atoms with van der Waals surface area (Å²) in [5, 5.41) is 0.815. The summed E-state index contributed by atoms with van der Waals surface area (Å²) in [6.07, 6.45) is 0. The Morgan fingerprint density at radius 2 is 2.06 bits per heavy atom. The van der Waals surface area contributed by atoms with Gasteiger partial charge in [-0.25, -0.2) is 4.98 Å². The molecule has 0 fully saturated rings. The van der Waals surface area contributed by atoms with Gasteiger partial charge in [0.15, 0.2) is 5.75 Å². The first-order chi connectivity index (χ1) is 8.51. The molecule has 1 heterocycles. The SMILES string of the molecule is COc1c(Cl)cc(Cl)c2c(=O)n(C)c(CCl)nc12. The van der Waals surface area contributed by atoms with E-state index in [0.29, 0.717) is 22.1 Å². The van der Waals surface area contributed by atoms with Crippen molar-refractivity contribution in [2.75, 3.05) is 7.11 Å². The average Bonchev–Trinajstić information content (AvgIpc) is 2.33. The van der Waals surface area contributed by atoms with Crippen LogP contribution in [0.3, 0.4) is 0 Å². The summed E-state index contributed by atoms with van der Waals surface area (Å²) in [6.45, 7) is 0. The summed E-state index contributed by atoms with van der Waals surface area (Å²) in [5.41, 5.74) is 0.0457. The normalized spacial score (nSPS) is 10.9. The predicted molar refractivity (Wildman–Crippen MR) is 73.1 cm³/mol. The van der Waals surface area contributed by atoms with Crippen molar-refractivity contribution in [2.24, 2.45) is 7.05 Å². The van der Waals surface area contributed by atoms with Crippen LogP contribution in [-0.2, 0) is 12.9 Å². The summed E-state index contributed by atoms with van der Waals surface area (Å²) in [4.78, 5) is 16.5. The number of fused-ring (bicyclic) bond motifs is 1. The zero-order chi connectivity index (χ0) is 13.4. The predicted octanol–water partition coefficient (Wildman–Crippen LogP) is 2.99. The second-order valence-electron chi connectivity index (χ2n) is 3.62. The Hall–Kier alpha value is -0.970. The second kappa shape index (κ2) is 4.96. The number of halogens is 3. The third kappa shape index (κ3) is 1.94. The Morgan fingerprint density at radius 3 is 2.61 bits per heavy atom. The van der Waals surface area contributed by atoms with Crippen LogP contribution in [0.25, 0.3) is 10.9 Å². The van der Waals surface area contributed by atoms with Crippen molar-refractivity contribution in [2.45, 2.75) is 5.88 Å². The highest BCUT2D eigenvalue weighted by atomic mass is 35.5. The Balaban J connectivity index is 3.05. The van der Waals surface area contributed by atoms with Crippen LogP contribution < -0.4 is 10.3 Å². The number of aromatic nitrogens is 2. The van der Waals surface area contributed by atoms with E-state index in [4.69, 9.17) is 39.5 Å². The lowest BCUT2D eigenvalue weighted by atomic mass is 10.2. The summed E-state index contributed by atoms with van der Waals surface area (Å²) in [7, 11) is 3.04. The lowest BCUT2D eigenvalue weighted by Gasteiger charge is -2.11. The smallest absolute Gasteiger partial charge is 0.262 e. The molecule has 0 aliphatic carbocycles. The lowest BCUT2D eigenvalue weighted by Crippen LogP contribution is -2.22. The Kier molecular flexibility index (Phi) is 3.71. The van der Waals surface area contributed by atoms with Crippen LogP contribution in [-0.4, -0.2) is 16.7 Å². The highest BCUT2D eigenvalue weighted by Crippen LogP contribution is 2.35. The van der Waals surface area contributed by atoms with E-state index in [9.17, 15) is 4.79 Å². The molecule has 1 aromatic carbocycles. The summed E-state index contributed by atoms with van der Waals surface area (Å²) >= 11 is 17.8. The molecule has 0 N–H and O–H groups in total. The molecule has 18 heavy (non-hydrogen) atoms. The molecular weight excluding hydrogens is 298 g/mol. The lowest BCUT2D eigenvalue weighted by molar-refractivity contribution is 0.419. The maximum Gasteiger partial charge on any atom is 0.262 e. The minimum absolute atomic E-state index is 0.106. The molecule has 0 aliphatic heterocycles. The monoisotopic (exact) mass is 306 g/mol. The van der Waals surface area contributed by atoms with Crippen LogP contribution in [0.2, 0.25) is 10.0 Å². The Labute approximate surface area is 118 Å². The summed E-state index contributed by atoms with van der Waals surface area (Å²) in [5.74, 6) is 0.848. The van der Waals surface area contributed by atoms with E-state index < -0.39 is 0 Å². The van der Waals surface area contributed by atoms with Gasteiger partial charge in [-0.3, -0.25) is 9.36 Å². The van der Waals surface area contributed by atoms with Gasteiger partial charge in [0.25, 0.3) is 5.56 Å². The maximum atomic E-state index is 12.2. The topological polar surface area (TPSA) is 44.1 Å². The number of methoxy groups -OCH3 is 1. The first kappa shape index (κ1) is 13.5. The van der Waals surface area contributed by atoms with Crippen LogP contribution in [0.15, 0.2) is 10.9 Å². The van der Waals surface area contributed by atoms with E-state index in [-0.39, 0.29) is 21.8 Å². The molecule has 1 aromatic heterocycles. The van der Waals surface area contributed by atoms with E-state index in [2.05, 4.69) is 4.98 Å². The second-order valence-corrected chi connectivity index (χ2v) is 4.70. The van der Waals surface area contributed by atoms with E-state index in [0.717, 1.165) is 0 Å². The molecule has 0 radical (unpaired) electrons. The van der Waals surface area contributed by atoms with Crippen molar-refractivity contribution in [3.63, 3.8) is 0 Å². The molecule has 0 saturated carbocycles. The van der Waals surface area contributed by atoms with Crippen LogP contribution in [0.1, 0.15) is 5.82 Å². The zero-order valence-electron chi connectivity index (χ0n) is 9.63. The van der Waals surface area contributed by atoms with Crippen molar-refractivity contribution in [3.8, 4) is 5.75 Å². The van der Waals surface area contributed by atoms with Gasteiger partial charge in [0, 0.05) is 7.05 Å². The Bertz CT molecular complexity index is 682. The quantitative estimate of drug-likeness (QED) is 0.801. The number of hydrogen-bond donors (Lipinski definition) is 0. The standard InChI is InChI=1S/C11H9Cl3N2O2/c1-16-7(4-12)15-9-8(11(16)17)5(13)3-6(14)10(9)18-2/h3H,4H2,1-2H3. The van der Waals surface area contributed by atoms with Gasteiger partial charge in [-0.05, 0) is 6.07 Å². The van der Waals surface area contributed by atoms with E-state index >= 15 is 0 Å². The molecule has 0 aliphatic rings. The van der Waals surface area contributed by atoms with Gasteiger partial charge in [-0.1, -0.05) is 23.2 Å². The van der Waals surface area contributed by atoms with E-state index in [1.54, 1.807) is 7.05 Å². The van der Waals surface area contributed by atoms with Gasteiger partial charge in [0.05, 0.1) is 28.4 Å². The number of nitrogens with zero attached hydrogens (tertiary/aromatic N) is 2. The summed E-state index contributed by atoms with van der Waals surface area (Å²) < 4.78 is 6.52. The van der Waals surface area contributed by atoms with Crippen LogP contribution in [0, 0.1) is 0 Å². The minimum Gasteiger partial charge on any atom is -0.493 e. The third-order valence-electron chi connectivity index (χ3n) is 2.63. The number of hydrogen-bond acceptors (Lipinski definition) is 3. The number of benzene rings is 1. The molecule has 96 valence electrons. The third-order valence-corrected chi connectivity index (χ3v) is 3.45. The van der Waals surface area contributed by atoms with Crippen molar-refractivity contribution >= 4 is 45.7 Å². The zero-order valence-corrected chi connectivity index (χ0v) is 11.9. The highest BCUT2D eigenvalue weighted by molar-refractivity contribution is 6.39. The average molecular weight is 308 g/mol. The van der Waals surface area contributed by atoms with Gasteiger partial charge in [-0.2, -0.15) is 0 Å². The van der Waals surface area contributed by atoms with Gasteiger partial charge in [-0.15, -0.1) is 11.6 Å². The van der Waals surface area contributed by atoms with Crippen molar-refractivity contribution in [1.29, 1.82) is 0 Å². The van der Waals surface area contributed by atoms with Crippen LogP contribution in [0.5, 0.6) is 5.75 Å². The van der Waals surface area contributed by atoms with Gasteiger partial charge < -0.3 is 4.74 Å². The molecule has 0 bridgehead atoms. The summed E-state index contributed by atoms with van der Waals surface area (Å²) in [6, 6.07) is 1.47. The first-order valence-electron chi connectivity index (χ1n) is 4.98. The van der Waals surface area contributed by atoms with Gasteiger partial charge in [0.2, 0.25) is 0 Å². The van der Waals surface area contributed by atoms with E-state index in [1.807, 2.05) is 0 Å². The Morgan fingerprint density at radius 1 is 1.39 bits per heavy atom. The molecule has 0 unspecified atom stereocenters. The number of rotatable bonds is 2. The largest absolute Gasteiger partial charge is 0.493 e. The number of alkyl halides is 1. The minimum atomic E-state index is -0.282. The number of ether oxygens (including phenoxy) is 1. The van der Waals surface area contributed by atoms with E-state index in [1.165, 1.54) is 17.7 Å². The molecular formula is C11H9Cl3N2O2. The molecule has 0 atom stereocenters. The molecule has 0 spiro atoms. The maximum absolute atomic E-state index is 12.2. The molecule has 2 aromatic rings. The van der Waals surface area contributed by atoms with Crippen LogP contribution >= 0.6 is 34.8 Å². The van der Waals surface area contributed by atoms with Crippen molar-refractivity contribution < 1.29 is 4.74 Å². The molecule has 2 rings (SSSR count). The fourth-order valence-electron chi connectivity index (χ4n) is 1.70. The fourth-order valence-corrected chi connectivity index (χ4v) is 2.55. The van der Waals surface area contributed by atoms with Crippen LogP contribution in [0.4, 0.5) is 0 Å². The molecule has 0 amide bonds. The molecule has 7 heteroatoms. The molecule has 4 nitrogen and oxygen atoms in total. The van der Waals surface area contributed by atoms with Gasteiger partial charge in [0.1, 0.15) is 11.3 Å². The highest BCUT2D eigenvalue weighted by Gasteiger charge is 2.17. The van der Waals surface area contributed by atoms with Crippen molar-refractivity contribution in [1.82, 2.24) is 9.55 Å². The van der Waals surface area contributed by atoms with Crippen molar-refractivity contribution in [3.05, 3.63) is 32.3 Å². The fraction of sp³-hybridized carbons (Fsp3) is 0.273. The molecule has 0 saturated heterocycles.